The predicted octanol–water partition coefficient (Wildman–Crippen LogP) is 2.60. The summed E-state index contributed by atoms with van der Waals surface area (Å²) in [4.78, 5) is 24.8. The van der Waals surface area contributed by atoms with Crippen molar-refractivity contribution in [3.05, 3.63) is 41.1 Å². The molecule has 0 atom stereocenters. The van der Waals surface area contributed by atoms with Crippen molar-refractivity contribution in [3.63, 3.8) is 0 Å². The molecule has 2 rings (SSSR count). The zero-order valence-corrected chi connectivity index (χ0v) is 12.3. The topological polar surface area (TPSA) is 66.8 Å². The maximum Gasteiger partial charge on any atom is 0.339 e. The summed E-state index contributed by atoms with van der Waals surface area (Å²) in [6.45, 7) is 1.67. The van der Waals surface area contributed by atoms with Crippen LogP contribution in [0.15, 0.2) is 30.0 Å². The van der Waals surface area contributed by atoms with Crippen LogP contribution in [0.1, 0.15) is 35.2 Å². The highest BCUT2D eigenvalue weighted by Gasteiger charge is 2.18. The van der Waals surface area contributed by atoms with Gasteiger partial charge in [-0.15, -0.1) is 0 Å². The van der Waals surface area contributed by atoms with Gasteiger partial charge in [0.2, 0.25) is 0 Å². The molecule has 0 aliphatic heterocycles. The van der Waals surface area contributed by atoms with Crippen molar-refractivity contribution in [1.82, 2.24) is 4.90 Å². The molecule has 0 saturated heterocycles. The summed E-state index contributed by atoms with van der Waals surface area (Å²) >= 11 is 0. The molecule has 112 valence electrons. The van der Waals surface area contributed by atoms with Crippen molar-refractivity contribution in [2.75, 3.05) is 13.7 Å². The molecule has 1 aromatic carbocycles. The lowest BCUT2D eigenvalue weighted by Gasteiger charge is -2.19. The summed E-state index contributed by atoms with van der Waals surface area (Å²) in [6, 6.07) is 4.82. The predicted molar refractivity (Wildman–Crippen MR) is 78.3 cm³/mol. The molecule has 5 nitrogen and oxygen atoms in total. The molecule has 0 radical (unpaired) electrons. The number of allylic oxidation sites excluding steroid dienone is 2. The number of nitrogens with zero attached hydrogens (tertiary/aromatic N) is 1. The number of ether oxygens (including phenoxy) is 1. The lowest BCUT2D eigenvalue weighted by Crippen LogP contribution is -2.30. The number of rotatable bonds is 5. The Balaban J connectivity index is 2.04. The van der Waals surface area contributed by atoms with Gasteiger partial charge in [0.25, 0.3) is 5.91 Å². The monoisotopic (exact) mass is 289 g/mol. The molecular formula is C16H19NO4. The summed E-state index contributed by atoms with van der Waals surface area (Å²) < 4.78 is 5.42. The number of amides is 1. The minimum absolute atomic E-state index is 0.0659. The van der Waals surface area contributed by atoms with E-state index in [-0.39, 0.29) is 23.8 Å². The third-order valence-corrected chi connectivity index (χ3v) is 3.54. The summed E-state index contributed by atoms with van der Waals surface area (Å²) in [6.07, 6.45) is 5.00. The second-order valence-electron chi connectivity index (χ2n) is 5.13. The molecule has 0 saturated carbocycles. The zero-order chi connectivity index (χ0) is 15.4. The summed E-state index contributed by atoms with van der Waals surface area (Å²) in [5.74, 6) is -1.02. The Hall–Kier alpha value is -2.30. The van der Waals surface area contributed by atoms with Crippen molar-refractivity contribution in [2.45, 2.75) is 26.2 Å². The van der Waals surface area contributed by atoms with E-state index in [1.807, 2.05) is 13.0 Å². The number of carbonyl (C=O) groups excluding carboxylic acids is 1. The van der Waals surface area contributed by atoms with E-state index in [4.69, 9.17) is 9.84 Å². The molecule has 0 unspecified atom stereocenters. The number of hydrogen-bond donors (Lipinski definition) is 1. The van der Waals surface area contributed by atoms with E-state index in [9.17, 15) is 9.59 Å². The second kappa shape index (κ2) is 6.43. The largest absolute Gasteiger partial charge is 0.483 e. The minimum atomic E-state index is -1.07. The maximum absolute atomic E-state index is 12.1. The molecule has 0 spiro atoms. The van der Waals surface area contributed by atoms with Crippen molar-refractivity contribution in [3.8, 4) is 5.75 Å². The quantitative estimate of drug-likeness (QED) is 0.904. The zero-order valence-electron chi connectivity index (χ0n) is 12.3. The van der Waals surface area contributed by atoms with Crippen molar-refractivity contribution < 1.29 is 19.4 Å². The number of carboxylic acids is 1. The van der Waals surface area contributed by atoms with Gasteiger partial charge in [-0.25, -0.2) is 4.79 Å². The first-order valence-corrected chi connectivity index (χ1v) is 6.91. The van der Waals surface area contributed by atoms with Crippen LogP contribution in [0.5, 0.6) is 5.75 Å². The van der Waals surface area contributed by atoms with Crippen LogP contribution in [0, 0.1) is 6.92 Å². The molecule has 1 aliphatic rings. The molecule has 0 heterocycles. The molecule has 21 heavy (non-hydrogen) atoms. The van der Waals surface area contributed by atoms with E-state index in [1.54, 1.807) is 24.1 Å². The number of carboxylic acid groups (broad SMARTS) is 1. The van der Waals surface area contributed by atoms with E-state index in [2.05, 4.69) is 0 Å². The lowest BCUT2D eigenvalue weighted by atomic mass is 10.1. The standard InChI is InChI=1S/C16H19NO4/c1-11-7-8-13(16(19)20)14(9-11)21-10-15(18)17(2)12-5-3-4-6-12/h5,7-9H,3-4,6,10H2,1-2H3,(H,19,20). The van der Waals surface area contributed by atoms with E-state index in [0.29, 0.717) is 0 Å². The SMILES string of the molecule is Cc1ccc(C(=O)O)c(OCC(=O)N(C)C2=CCCC2)c1. The fourth-order valence-electron chi connectivity index (χ4n) is 2.28. The Morgan fingerprint density at radius 1 is 1.38 bits per heavy atom. The van der Waals surface area contributed by atoms with Crippen molar-refractivity contribution in [1.29, 1.82) is 0 Å². The number of aromatic carboxylic acids is 1. The smallest absolute Gasteiger partial charge is 0.339 e. The number of aryl methyl sites for hydroxylation is 1. The Morgan fingerprint density at radius 3 is 2.76 bits per heavy atom. The molecule has 5 heteroatoms. The molecule has 0 aromatic heterocycles. The molecule has 1 aliphatic carbocycles. The first-order valence-electron chi connectivity index (χ1n) is 6.91. The first kappa shape index (κ1) is 15.1. The van der Waals surface area contributed by atoms with Crippen LogP contribution in [-0.4, -0.2) is 35.5 Å². The van der Waals surface area contributed by atoms with Crippen LogP contribution in [0.2, 0.25) is 0 Å². The van der Waals surface area contributed by atoms with E-state index in [0.717, 1.165) is 30.5 Å². The fourth-order valence-corrected chi connectivity index (χ4v) is 2.28. The van der Waals surface area contributed by atoms with Crippen molar-refractivity contribution in [2.24, 2.45) is 0 Å². The van der Waals surface area contributed by atoms with Crippen LogP contribution < -0.4 is 4.74 Å². The van der Waals surface area contributed by atoms with Gasteiger partial charge in [-0.2, -0.15) is 0 Å². The first-order chi connectivity index (χ1) is 9.99. The van der Waals surface area contributed by atoms with Gasteiger partial charge < -0.3 is 14.7 Å². The van der Waals surface area contributed by atoms with Gasteiger partial charge in [-0.05, 0) is 43.9 Å². The van der Waals surface area contributed by atoms with Gasteiger partial charge >= 0.3 is 5.97 Å². The van der Waals surface area contributed by atoms with Crippen LogP contribution >= 0.6 is 0 Å². The Bertz CT molecular complexity index is 592. The highest BCUT2D eigenvalue weighted by atomic mass is 16.5. The molecule has 0 bridgehead atoms. The summed E-state index contributed by atoms with van der Waals surface area (Å²) in [7, 11) is 1.72. The van der Waals surface area contributed by atoms with Crippen LogP contribution in [0.25, 0.3) is 0 Å². The van der Waals surface area contributed by atoms with Gasteiger partial charge in [0.05, 0.1) is 0 Å². The van der Waals surface area contributed by atoms with E-state index >= 15 is 0 Å². The molecule has 1 N–H and O–H groups in total. The summed E-state index contributed by atoms with van der Waals surface area (Å²) in [5, 5.41) is 9.12. The van der Waals surface area contributed by atoms with Gasteiger partial charge in [-0.1, -0.05) is 12.1 Å². The van der Waals surface area contributed by atoms with Crippen molar-refractivity contribution >= 4 is 11.9 Å². The average Bonchev–Trinajstić information content (AvgIpc) is 2.97. The number of carbonyl (C=O) groups is 2. The maximum atomic E-state index is 12.1. The third kappa shape index (κ3) is 3.62. The van der Waals surface area contributed by atoms with E-state index < -0.39 is 5.97 Å². The van der Waals surface area contributed by atoms with Crippen LogP contribution in [0.4, 0.5) is 0 Å². The Kier molecular flexibility index (Phi) is 4.62. The molecular weight excluding hydrogens is 270 g/mol. The van der Waals surface area contributed by atoms with Gasteiger partial charge in [0.15, 0.2) is 6.61 Å². The highest BCUT2D eigenvalue weighted by Crippen LogP contribution is 2.22. The van der Waals surface area contributed by atoms with Crippen LogP contribution in [0.3, 0.4) is 0 Å². The number of hydrogen-bond acceptors (Lipinski definition) is 3. The molecule has 0 fully saturated rings. The van der Waals surface area contributed by atoms with Gasteiger partial charge in [0.1, 0.15) is 11.3 Å². The highest BCUT2D eigenvalue weighted by molar-refractivity contribution is 5.91. The second-order valence-corrected chi connectivity index (χ2v) is 5.13. The Labute approximate surface area is 123 Å². The third-order valence-electron chi connectivity index (χ3n) is 3.54. The number of likely N-dealkylation sites (N-methyl/N-ethyl adjacent to an activating group) is 1. The Morgan fingerprint density at radius 2 is 2.14 bits per heavy atom. The van der Waals surface area contributed by atoms with Gasteiger partial charge in [0, 0.05) is 12.7 Å². The summed E-state index contributed by atoms with van der Waals surface area (Å²) in [5.41, 5.74) is 1.96. The molecule has 1 amide bonds. The fraction of sp³-hybridized carbons (Fsp3) is 0.375. The average molecular weight is 289 g/mol. The van der Waals surface area contributed by atoms with E-state index in [1.165, 1.54) is 6.07 Å². The number of benzene rings is 1. The molecule has 1 aromatic rings. The van der Waals surface area contributed by atoms with Crippen LogP contribution in [-0.2, 0) is 4.79 Å². The van der Waals surface area contributed by atoms with Gasteiger partial charge in [-0.3, -0.25) is 4.79 Å². The minimum Gasteiger partial charge on any atom is -0.483 e. The normalized spacial score (nSPS) is 13.7. The lowest BCUT2D eigenvalue weighted by molar-refractivity contribution is -0.130.